The zero-order chi connectivity index (χ0) is 19.9. The highest BCUT2D eigenvalue weighted by atomic mass is 19.1. The quantitative estimate of drug-likeness (QED) is 0.864. The number of rotatable bonds is 5. The lowest BCUT2D eigenvalue weighted by atomic mass is 9.95. The Kier molecular flexibility index (Phi) is 6.38. The fourth-order valence-electron chi connectivity index (χ4n) is 3.38. The Hall–Kier alpha value is -3.20. The fraction of sp³-hybridized carbons (Fsp3) is 0.318. The van der Waals surface area contributed by atoms with Crippen LogP contribution in [-0.4, -0.2) is 29.8 Å². The van der Waals surface area contributed by atoms with Crippen LogP contribution in [0, 0.1) is 23.1 Å². The third kappa shape index (κ3) is 4.95. The monoisotopic (exact) mass is 379 g/mol. The highest BCUT2D eigenvalue weighted by Crippen LogP contribution is 2.21. The van der Waals surface area contributed by atoms with Crippen LogP contribution >= 0.6 is 0 Å². The number of hydrogen-bond donors (Lipinski definition) is 1. The molecule has 0 atom stereocenters. The molecule has 1 aliphatic heterocycles. The van der Waals surface area contributed by atoms with Gasteiger partial charge in [-0.3, -0.25) is 9.59 Å². The number of carbonyl (C=O) groups excluding carboxylic acids is 2. The number of amides is 2. The van der Waals surface area contributed by atoms with E-state index in [0.717, 1.165) is 5.56 Å². The predicted molar refractivity (Wildman–Crippen MR) is 104 cm³/mol. The van der Waals surface area contributed by atoms with Gasteiger partial charge in [0.05, 0.1) is 5.56 Å². The molecule has 3 rings (SSSR count). The maximum absolute atomic E-state index is 13.4. The first-order valence-electron chi connectivity index (χ1n) is 9.39. The van der Waals surface area contributed by atoms with Crippen LogP contribution in [-0.2, 0) is 16.0 Å². The van der Waals surface area contributed by atoms with Crippen molar-refractivity contribution in [3.63, 3.8) is 0 Å². The Bertz CT molecular complexity index is 884. The second kappa shape index (κ2) is 9.14. The third-order valence-electron chi connectivity index (χ3n) is 5.04. The SMILES string of the molecule is N#Cc1cc(NC(=O)C2CCN(C(=O)CCc3ccccc3)CC2)ccc1F. The molecule has 1 saturated heterocycles. The van der Waals surface area contributed by atoms with E-state index in [0.29, 0.717) is 44.5 Å². The van der Waals surface area contributed by atoms with Crippen molar-refractivity contribution in [2.24, 2.45) is 5.92 Å². The molecule has 2 aromatic carbocycles. The van der Waals surface area contributed by atoms with E-state index in [-0.39, 0.29) is 23.3 Å². The smallest absolute Gasteiger partial charge is 0.227 e. The molecule has 28 heavy (non-hydrogen) atoms. The summed E-state index contributed by atoms with van der Waals surface area (Å²) in [5.41, 5.74) is 1.45. The molecule has 1 aliphatic rings. The lowest BCUT2D eigenvalue weighted by Gasteiger charge is -2.31. The van der Waals surface area contributed by atoms with Gasteiger partial charge >= 0.3 is 0 Å². The number of benzene rings is 2. The summed E-state index contributed by atoms with van der Waals surface area (Å²) in [5, 5.41) is 11.6. The van der Waals surface area contributed by atoms with Crippen molar-refractivity contribution < 1.29 is 14.0 Å². The topological polar surface area (TPSA) is 73.2 Å². The lowest BCUT2D eigenvalue weighted by molar-refractivity contribution is -0.134. The molecule has 0 aliphatic carbocycles. The molecule has 5 nitrogen and oxygen atoms in total. The predicted octanol–water partition coefficient (Wildman–Crippen LogP) is 3.51. The number of nitrogens with one attached hydrogen (secondary N) is 1. The summed E-state index contributed by atoms with van der Waals surface area (Å²) in [6.45, 7) is 1.11. The fourth-order valence-corrected chi connectivity index (χ4v) is 3.38. The molecule has 1 fully saturated rings. The normalized spacial score (nSPS) is 14.4. The van der Waals surface area contributed by atoms with Gasteiger partial charge in [-0.05, 0) is 43.0 Å². The van der Waals surface area contributed by atoms with Gasteiger partial charge in [0.15, 0.2) is 0 Å². The van der Waals surface area contributed by atoms with Crippen molar-refractivity contribution in [1.82, 2.24) is 4.90 Å². The highest BCUT2D eigenvalue weighted by Gasteiger charge is 2.27. The van der Waals surface area contributed by atoms with Crippen molar-refractivity contribution >= 4 is 17.5 Å². The second-order valence-electron chi connectivity index (χ2n) is 6.94. The number of nitriles is 1. The second-order valence-corrected chi connectivity index (χ2v) is 6.94. The van der Waals surface area contributed by atoms with Gasteiger partial charge in [0.1, 0.15) is 11.9 Å². The molecule has 1 heterocycles. The van der Waals surface area contributed by atoms with Crippen LogP contribution in [0.3, 0.4) is 0 Å². The first-order chi connectivity index (χ1) is 13.6. The van der Waals surface area contributed by atoms with E-state index < -0.39 is 5.82 Å². The standard InChI is InChI=1S/C22H22FN3O2/c23-20-8-7-19(14-18(20)15-24)25-22(28)17-10-12-26(13-11-17)21(27)9-6-16-4-2-1-3-5-16/h1-5,7-8,14,17H,6,9-13H2,(H,25,28). The lowest BCUT2D eigenvalue weighted by Crippen LogP contribution is -2.41. The molecule has 0 radical (unpaired) electrons. The maximum atomic E-state index is 13.4. The van der Waals surface area contributed by atoms with Crippen LogP contribution in [0.4, 0.5) is 10.1 Å². The third-order valence-corrected chi connectivity index (χ3v) is 5.04. The number of aryl methyl sites for hydroxylation is 1. The molecule has 0 bridgehead atoms. The van der Waals surface area contributed by atoms with Gasteiger partial charge in [0.2, 0.25) is 11.8 Å². The average Bonchev–Trinajstić information content (AvgIpc) is 2.74. The van der Waals surface area contributed by atoms with E-state index in [1.807, 2.05) is 35.2 Å². The van der Waals surface area contributed by atoms with Gasteiger partial charge < -0.3 is 10.2 Å². The van der Waals surface area contributed by atoms with Gasteiger partial charge in [0.25, 0.3) is 0 Å². The van der Waals surface area contributed by atoms with Crippen LogP contribution in [0.1, 0.15) is 30.4 Å². The summed E-state index contributed by atoms with van der Waals surface area (Å²) in [4.78, 5) is 26.7. The summed E-state index contributed by atoms with van der Waals surface area (Å²) in [6, 6.07) is 15.6. The first-order valence-corrected chi connectivity index (χ1v) is 9.39. The molecule has 144 valence electrons. The minimum absolute atomic E-state index is 0.100. The summed E-state index contributed by atoms with van der Waals surface area (Å²) < 4.78 is 13.4. The zero-order valence-electron chi connectivity index (χ0n) is 15.5. The minimum atomic E-state index is -0.608. The van der Waals surface area contributed by atoms with E-state index in [9.17, 15) is 14.0 Å². The molecule has 0 unspecified atom stereocenters. The molecular formula is C22H22FN3O2. The zero-order valence-corrected chi connectivity index (χ0v) is 15.5. The van der Waals surface area contributed by atoms with Crippen LogP contribution in [0.15, 0.2) is 48.5 Å². The van der Waals surface area contributed by atoms with Gasteiger partial charge in [-0.2, -0.15) is 5.26 Å². The van der Waals surface area contributed by atoms with Crippen molar-refractivity contribution in [3.05, 3.63) is 65.5 Å². The van der Waals surface area contributed by atoms with Crippen LogP contribution < -0.4 is 5.32 Å². The number of likely N-dealkylation sites (tertiary alicyclic amines) is 1. The number of carbonyl (C=O) groups is 2. The van der Waals surface area contributed by atoms with Crippen molar-refractivity contribution in [2.75, 3.05) is 18.4 Å². The summed E-state index contributed by atoms with van der Waals surface area (Å²) in [6.07, 6.45) is 2.36. The average molecular weight is 379 g/mol. The van der Waals surface area contributed by atoms with E-state index in [4.69, 9.17) is 5.26 Å². The molecule has 2 aromatic rings. The molecule has 1 N–H and O–H groups in total. The number of nitrogens with zero attached hydrogens (tertiary/aromatic N) is 2. The molecular weight excluding hydrogens is 357 g/mol. The van der Waals surface area contributed by atoms with E-state index >= 15 is 0 Å². The molecule has 0 spiro atoms. The Morgan fingerprint density at radius 1 is 1.14 bits per heavy atom. The van der Waals surface area contributed by atoms with Crippen molar-refractivity contribution in [1.29, 1.82) is 5.26 Å². The van der Waals surface area contributed by atoms with E-state index in [1.165, 1.54) is 18.2 Å². The maximum Gasteiger partial charge on any atom is 0.227 e. The number of piperidine rings is 1. The van der Waals surface area contributed by atoms with Crippen molar-refractivity contribution in [2.45, 2.75) is 25.7 Å². The number of anilines is 1. The van der Waals surface area contributed by atoms with Crippen LogP contribution in [0.5, 0.6) is 0 Å². The van der Waals surface area contributed by atoms with Gasteiger partial charge in [-0.25, -0.2) is 4.39 Å². The van der Waals surface area contributed by atoms with Gasteiger partial charge in [-0.1, -0.05) is 30.3 Å². The minimum Gasteiger partial charge on any atom is -0.343 e. The summed E-state index contributed by atoms with van der Waals surface area (Å²) >= 11 is 0. The Balaban J connectivity index is 1.47. The Morgan fingerprint density at radius 3 is 2.54 bits per heavy atom. The van der Waals surface area contributed by atoms with Gasteiger partial charge in [-0.15, -0.1) is 0 Å². The number of halogens is 1. The Labute approximate surface area is 163 Å². The molecule has 6 heteroatoms. The molecule has 0 saturated carbocycles. The largest absolute Gasteiger partial charge is 0.343 e. The van der Waals surface area contributed by atoms with Gasteiger partial charge in [0, 0.05) is 31.1 Å². The summed E-state index contributed by atoms with van der Waals surface area (Å²) in [5.74, 6) is -0.858. The van der Waals surface area contributed by atoms with Crippen molar-refractivity contribution in [3.8, 4) is 6.07 Å². The highest BCUT2D eigenvalue weighted by molar-refractivity contribution is 5.93. The van der Waals surface area contributed by atoms with Crippen LogP contribution in [0.25, 0.3) is 0 Å². The number of hydrogen-bond acceptors (Lipinski definition) is 3. The molecule has 2 amide bonds. The first kappa shape index (κ1) is 19.6. The van der Waals surface area contributed by atoms with Crippen LogP contribution in [0.2, 0.25) is 0 Å². The Morgan fingerprint density at radius 2 is 1.86 bits per heavy atom. The van der Waals surface area contributed by atoms with E-state index in [2.05, 4.69) is 5.32 Å². The molecule has 0 aromatic heterocycles. The summed E-state index contributed by atoms with van der Waals surface area (Å²) in [7, 11) is 0. The van der Waals surface area contributed by atoms with E-state index in [1.54, 1.807) is 6.07 Å².